The largest absolute Gasteiger partial charge is 0.480 e. The minimum absolute atomic E-state index is 0.0775. The number of aliphatic carboxylic acids is 1. The molecule has 0 unspecified atom stereocenters. The molecule has 1 aromatic rings. The van der Waals surface area contributed by atoms with E-state index in [9.17, 15) is 19.5 Å². The van der Waals surface area contributed by atoms with Crippen LogP contribution in [-0.2, 0) is 20.7 Å². The lowest BCUT2D eigenvalue weighted by atomic mass is 10.1. The summed E-state index contributed by atoms with van der Waals surface area (Å²) in [5.41, 5.74) is 0.627. The Labute approximate surface area is 141 Å². The average molecular weight is 336 g/mol. The molecule has 2 N–H and O–H groups in total. The van der Waals surface area contributed by atoms with Gasteiger partial charge in [0.25, 0.3) is 0 Å². The van der Waals surface area contributed by atoms with Gasteiger partial charge < -0.3 is 20.1 Å². The molecule has 0 fully saturated rings. The molecule has 0 saturated carbocycles. The minimum Gasteiger partial charge on any atom is -0.480 e. The second-order valence-corrected chi connectivity index (χ2v) is 6.49. The molecule has 7 heteroatoms. The summed E-state index contributed by atoms with van der Waals surface area (Å²) >= 11 is 0. The van der Waals surface area contributed by atoms with Gasteiger partial charge in [-0.25, -0.2) is 9.59 Å². The van der Waals surface area contributed by atoms with Gasteiger partial charge in [-0.15, -0.1) is 0 Å². The van der Waals surface area contributed by atoms with E-state index in [1.807, 2.05) is 0 Å². The van der Waals surface area contributed by atoms with E-state index in [1.54, 1.807) is 52.1 Å². The number of carboxylic acids is 1. The third kappa shape index (κ3) is 6.28. The molecule has 1 atom stereocenters. The molecule has 0 spiro atoms. The third-order valence-corrected chi connectivity index (χ3v) is 3.20. The Hall–Kier alpha value is -2.57. The third-order valence-electron chi connectivity index (χ3n) is 3.20. The summed E-state index contributed by atoms with van der Waals surface area (Å²) in [5, 5.41) is 11.7. The van der Waals surface area contributed by atoms with E-state index in [2.05, 4.69) is 5.32 Å². The molecule has 1 aromatic carbocycles. The van der Waals surface area contributed by atoms with Gasteiger partial charge in [-0.2, -0.15) is 0 Å². The lowest BCUT2D eigenvalue weighted by Crippen LogP contribution is -2.44. The van der Waals surface area contributed by atoms with Crippen molar-refractivity contribution in [1.29, 1.82) is 0 Å². The molecule has 0 saturated heterocycles. The van der Waals surface area contributed by atoms with E-state index in [0.29, 0.717) is 11.3 Å². The number of amides is 2. The maximum atomic E-state index is 11.8. The summed E-state index contributed by atoms with van der Waals surface area (Å²) in [4.78, 5) is 36.1. The molecule has 0 heterocycles. The van der Waals surface area contributed by atoms with Crippen LogP contribution < -0.4 is 10.2 Å². The fourth-order valence-corrected chi connectivity index (χ4v) is 1.96. The number of carbonyl (C=O) groups is 3. The number of anilines is 1. The Morgan fingerprint density at radius 1 is 1.29 bits per heavy atom. The van der Waals surface area contributed by atoms with E-state index in [0.717, 1.165) is 0 Å². The van der Waals surface area contributed by atoms with Crippen molar-refractivity contribution in [3.05, 3.63) is 29.8 Å². The number of rotatable bonds is 5. The topological polar surface area (TPSA) is 95.9 Å². The van der Waals surface area contributed by atoms with Gasteiger partial charge in [0.15, 0.2) is 0 Å². The van der Waals surface area contributed by atoms with Crippen LogP contribution in [0.15, 0.2) is 24.3 Å². The molecule has 1 rings (SSSR count). The number of carbonyl (C=O) groups excluding carboxylic acids is 2. The quantitative estimate of drug-likeness (QED) is 0.859. The summed E-state index contributed by atoms with van der Waals surface area (Å²) in [6, 6.07) is 5.81. The van der Waals surface area contributed by atoms with Crippen LogP contribution in [0.5, 0.6) is 0 Å². The monoisotopic (exact) mass is 336 g/mol. The predicted octanol–water partition coefficient (Wildman–Crippen LogP) is 2.19. The number of nitrogens with zero attached hydrogens (tertiary/aromatic N) is 1. The first kappa shape index (κ1) is 19.5. The molecule has 0 radical (unpaired) electrons. The van der Waals surface area contributed by atoms with Gasteiger partial charge >= 0.3 is 12.1 Å². The highest BCUT2D eigenvalue weighted by Gasteiger charge is 2.24. The van der Waals surface area contributed by atoms with Gasteiger partial charge in [-0.1, -0.05) is 12.1 Å². The molecule has 7 nitrogen and oxygen atoms in total. The summed E-state index contributed by atoms with van der Waals surface area (Å²) in [6.07, 6.45) is -0.708. The van der Waals surface area contributed by atoms with Gasteiger partial charge in [0.05, 0.1) is 0 Å². The fraction of sp³-hybridized carbons (Fsp3) is 0.471. The van der Waals surface area contributed by atoms with Crippen molar-refractivity contribution in [3.8, 4) is 0 Å². The molecule has 0 aliphatic rings. The number of ether oxygens (including phenoxy) is 1. The van der Waals surface area contributed by atoms with Crippen LogP contribution >= 0.6 is 0 Å². The van der Waals surface area contributed by atoms with Crippen molar-refractivity contribution in [2.75, 3.05) is 11.9 Å². The second-order valence-electron chi connectivity index (χ2n) is 6.49. The van der Waals surface area contributed by atoms with E-state index in [-0.39, 0.29) is 12.3 Å². The van der Waals surface area contributed by atoms with Crippen LogP contribution in [0.1, 0.15) is 33.3 Å². The highest BCUT2D eigenvalue weighted by molar-refractivity contribution is 5.91. The van der Waals surface area contributed by atoms with Crippen molar-refractivity contribution < 1.29 is 24.2 Å². The number of benzene rings is 1. The zero-order valence-electron chi connectivity index (χ0n) is 14.6. The Morgan fingerprint density at radius 3 is 2.42 bits per heavy atom. The first-order valence-corrected chi connectivity index (χ1v) is 7.55. The number of hydrogen-bond acceptors (Lipinski definition) is 4. The van der Waals surface area contributed by atoms with Crippen molar-refractivity contribution >= 4 is 23.7 Å². The zero-order chi connectivity index (χ0) is 18.5. The Bertz CT molecular complexity index is 622. The Kier molecular flexibility index (Phi) is 6.34. The van der Waals surface area contributed by atoms with Gasteiger partial charge in [-0.3, -0.25) is 4.79 Å². The number of hydrogen-bond donors (Lipinski definition) is 2. The van der Waals surface area contributed by atoms with E-state index in [1.165, 1.54) is 11.8 Å². The van der Waals surface area contributed by atoms with Gasteiger partial charge in [-0.05, 0) is 38.5 Å². The Balaban J connectivity index is 2.86. The molecule has 0 bridgehead atoms. The maximum absolute atomic E-state index is 11.8. The van der Waals surface area contributed by atoms with Crippen LogP contribution in [0, 0.1) is 0 Å². The van der Waals surface area contributed by atoms with E-state index in [4.69, 9.17) is 4.74 Å². The number of nitrogens with one attached hydrogen (secondary N) is 1. The molecule has 2 amide bonds. The van der Waals surface area contributed by atoms with Crippen LogP contribution in [0.25, 0.3) is 0 Å². The Morgan fingerprint density at radius 2 is 1.92 bits per heavy atom. The lowest BCUT2D eigenvalue weighted by molar-refractivity contribution is -0.139. The highest BCUT2D eigenvalue weighted by Crippen LogP contribution is 2.16. The zero-order valence-corrected chi connectivity index (χ0v) is 14.6. The molecule has 132 valence electrons. The lowest BCUT2D eigenvalue weighted by Gasteiger charge is -2.22. The van der Waals surface area contributed by atoms with Gasteiger partial charge in [0, 0.05) is 26.1 Å². The average Bonchev–Trinajstić information content (AvgIpc) is 2.43. The van der Waals surface area contributed by atoms with Gasteiger partial charge in [0.2, 0.25) is 5.91 Å². The molecular formula is C17H24N2O5. The molecule has 0 aromatic heterocycles. The highest BCUT2D eigenvalue weighted by atomic mass is 16.6. The minimum atomic E-state index is -1.16. The number of alkyl carbamates (subject to hydrolysis) is 1. The number of carboxylic acid groups (broad SMARTS) is 1. The summed E-state index contributed by atoms with van der Waals surface area (Å²) in [6.45, 7) is 6.53. The predicted molar refractivity (Wildman–Crippen MR) is 90.0 cm³/mol. The first-order valence-electron chi connectivity index (χ1n) is 7.55. The van der Waals surface area contributed by atoms with Crippen molar-refractivity contribution in [1.82, 2.24) is 5.32 Å². The molecule has 0 aliphatic carbocycles. The molecule has 24 heavy (non-hydrogen) atoms. The fourth-order valence-electron chi connectivity index (χ4n) is 1.96. The van der Waals surface area contributed by atoms with Crippen LogP contribution in [0.4, 0.5) is 10.5 Å². The second kappa shape index (κ2) is 7.81. The van der Waals surface area contributed by atoms with E-state index < -0.39 is 23.7 Å². The molecule has 0 aliphatic heterocycles. The van der Waals surface area contributed by atoms with Crippen LogP contribution in [0.3, 0.4) is 0 Å². The van der Waals surface area contributed by atoms with Crippen molar-refractivity contribution in [2.45, 2.75) is 45.8 Å². The van der Waals surface area contributed by atoms with Crippen molar-refractivity contribution in [2.24, 2.45) is 0 Å². The standard InChI is InChI=1S/C17H24N2O5/c1-11(20)19(5)13-8-6-7-12(9-13)10-14(15(21)22)18-16(23)24-17(2,3)4/h6-9,14H,10H2,1-5H3,(H,18,23)(H,21,22)/t14-/m0/s1. The van der Waals surface area contributed by atoms with Crippen molar-refractivity contribution in [3.63, 3.8) is 0 Å². The van der Waals surface area contributed by atoms with E-state index >= 15 is 0 Å². The summed E-state index contributed by atoms with van der Waals surface area (Å²) < 4.78 is 5.08. The first-order chi connectivity index (χ1) is 11.0. The van der Waals surface area contributed by atoms with Gasteiger partial charge in [0.1, 0.15) is 11.6 Å². The summed E-state index contributed by atoms with van der Waals surface area (Å²) in [7, 11) is 1.63. The normalized spacial score (nSPS) is 12.2. The molecular weight excluding hydrogens is 312 g/mol. The smallest absolute Gasteiger partial charge is 0.408 e. The SMILES string of the molecule is CC(=O)N(C)c1cccc(C[C@H](NC(=O)OC(C)(C)C)C(=O)O)c1. The summed E-state index contributed by atoms with van der Waals surface area (Å²) in [5.74, 6) is -1.29. The maximum Gasteiger partial charge on any atom is 0.408 e. The van der Waals surface area contributed by atoms with Crippen LogP contribution in [0.2, 0.25) is 0 Å². The van der Waals surface area contributed by atoms with Crippen LogP contribution in [-0.4, -0.2) is 41.8 Å².